The molecule has 1 aliphatic carbocycles. The third-order valence-corrected chi connectivity index (χ3v) is 3.17. The molecule has 0 heterocycles. The molecule has 0 aliphatic heterocycles. The molecular weight excluding hydrogens is 228 g/mol. The molecule has 0 saturated heterocycles. The van der Waals surface area contributed by atoms with Crippen LogP contribution in [0.5, 0.6) is 5.75 Å². The number of aliphatic carboxylic acids is 1. The zero-order valence-electron chi connectivity index (χ0n) is 8.78. The molecule has 0 bridgehead atoms. The Morgan fingerprint density at radius 3 is 2.69 bits per heavy atom. The van der Waals surface area contributed by atoms with Gasteiger partial charge in [-0.25, -0.2) is 0 Å². The maximum Gasteiger partial charge on any atom is 0.304 e. The largest absolute Gasteiger partial charge is 0.491 e. The first-order chi connectivity index (χ1) is 7.61. The van der Waals surface area contributed by atoms with Crippen LogP contribution >= 0.6 is 11.6 Å². The number of hydrogen-bond acceptors (Lipinski definition) is 2. The van der Waals surface area contributed by atoms with Gasteiger partial charge in [0, 0.05) is 5.41 Å². The van der Waals surface area contributed by atoms with Crippen molar-refractivity contribution in [2.45, 2.75) is 19.3 Å². The lowest BCUT2D eigenvalue weighted by atomic mass is 10.0. The van der Waals surface area contributed by atoms with Crippen molar-refractivity contribution in [2.24, 2.45) is 5.41 Å². The highest BCUT2D eigenvalue weighted by Crippen LogP contribution is 2.49. The Morgan fingerprint density at radius 2 is 2.12 bits per heavy atom. The minimum absolute atomic E-state index is 0.162. The van der Waals surface area contributed by atoms with Crippen molar-refractivity contribution in [3.8, 4) is 5.75 Å². The molecule has 1 aromatic rings. The minimum atomic E-state index is -0.764. The molecule has 0 radical (unpaired) electrons. The molecule has 86 valence electrons. The maximum absolute atomic E-state index is 10.7. The van der Waals surface area contributed by atoms with Gasteiger partial charge in [-0.3, -0.25) is 4.79 Å². The van der Waals surface area contributed by atoms with Gasteiger partial charge < -0.3 is 9.84 Å². The molecule has 4 heteroatoms. The number of halogens is 1. The Morgan fingerprint density at radius 1 is 1.44 bits per heavy atom. The highest BCUT2D eigenvalue weighted by molar-refractivity contribution is 6.32. The van der Waals surface area contributed by atoms with Gasteiger partial charge in [-0.2, -0.15) is 0 Å². The molecule has 0 spiro atoms. The molecule has 1 aromatic carbocycles. The Hall–Kier alpha value is -1.22. The third kappa shape index (κ3) is 2.67. The average molecular weight is 241 g/mol. The predicted octanol–water partition coefficient (Wildman–Crippen LogP) is 2.97. The quantitative estimate of drug-likeness (QED) is 0.861. The van der Waals surface area contributed by atoms with E-state index in [1.165, 1.54) is 0 Å². The summed E-state index contributed by atoms with van der Waals surface area (Å²) in [6.07, 6.45) is 2.02. The Kier molecular flexibility index (Phi) is 3.06. The molecule has 0 aromatic heterocycles. The van der Waals surface area contributed by atoms with Crippen LogP contribution in [0.25, 0.3) is 0 Å². The van der Waals surface area contributed by atoms with E-state index in [1.807, 2.05) is 12.1 Å². The summed E-state index contributed by atoms with van der Waals surface area (Å²) in [6.45, 7) is 0.434. The molecule has 0 unspecified atom stereocenters. The molecular formula is C12H13ClO3. The second-order valence-corrected chi connectivity index (χ2v) is 4.70. The minimum Gasteiger partial charge on any atom is -0.491 e. The van der Waals surface area contributed by atoms with Crippen molar-refractivity contribution in [1.82, 2.24) is 0 Å². The molecule has 0 amide bonds. The van der Waals surface area contributed by atoms with E-state index in [0.29, 0.717) is 17.4 Å². The monoisotopic (exact) mass is 240 g/mol. The number of rotatable bonds is 5. The van der Waals surface area contributed by atoms with Gasteiger partial charge in [0.25, 0.3) is 0 Å². The molecule has 1 aliphatic rings. The number of carboxylic acids is 1. The standard InChI is InChI=1S/C12H13ClO3/c13-9-3-1-2-4-10(9)16-8-12(5-6-12)7-11(14)15/h1-4H,5-8H2,(H,14,15). The van der Waals surface area contributed by atoms with Crippen molar-refractivity contribution in [3.05, 3.63) is 29.3 Å². The van der Waals surface area contributed by atoms with Gasteiger partial charge in [-0.1, -0.05) is 23.7 Å². The topological polar surface area (TPSA) is 46.5 Å². The summed E-state index contributed by atoms with van der Waals surface area (Å²) in [6, 6.07) is 7.23. The highest BCUT2D eigenvalue weighted by Gasteiger charge is 2.45. The van der Waals surface area contributed by atoms with Crippen LogP contribution in [0, 0.1) is 5.41 Å². The smallest absolute Gasteiger partial charge is 0.304 e. The summed E-state index contributed by atoms with van der Waals surface area (Å²) in [4.78, 5) is 10.7. The summed E-state index contributed by atoms with van der Waals surface area (Å²) in [5.74, 6) is -0.138. The number of ether oxygens (including phenoxy) is 1. The molecule has 1 saturated carbocycles. The van der Waals surface area contributed by atoms with E-state index >= 15 is 0 Å². The molecule has 0 atom stereocenters. The van der Waals surface area contributed by atoms with Crippen molar-refractivity contribution >= 4 is 17.6 Å². The van der Waals surface area contributed by atoms with Crippen LogP contribution in [0.3, 0.4) is 0 Å². The normalized spacial score (nSPS) is 16.8. The van der Waals surface area contributed by atoms with Crippen LogP contribution in [0.4, 0.5) is 0 Å². The van der Waals surface area contributed by atoms with Crippen LogP contribution in [-0.4, -0.2) is 17.7 Å². The van der Waals surface area contributed by atoms with Crippen molar-refractivity contribution in [1.29, 1.82) is 0 Å². The number of carbonyl (C=O) groups is 1. The van der Waals surface area contributed by atoms with E-state index in [2.05, 4.69) is 0 Å². The van der Waals surface area contributed by atoms with Crippen LogP contribution in [-0.2, 0) is 4.79 Å². The van der Waals surface area contributed by atoms with E-state index in [0.717, 1.165) is 12.8 Å². The SMILES string of the molecule is O=C(O)CC1(COc2ccccc2Cl)CC1. The van der Waals surface area contributed by atoms with Gasteiger partial charge >= 0.3 is 5.97 Å². The van der Waals surface area contributed by atoms with Crippen LogP contribution in [0.2, 0.25) is 5.02 Å². The van der Waals surface area contributed by atoms with E-state index in [-0.39, 0.29) is 11.8 Å². The van der Waals surface area contributed by atoms with Gasteiger partial charge in [-0.15, -0.1) is 0 Å². The second-order valence-electron chi connectivity index (χ2n) is 4.29. The summed E-state index contributed by atoms with van der Waals surface area (Å²) >= 11 is 5.94. The summed E-state index contributed by atoms with van der Waals surface area (Å²) in [5, 5.41) is 9.32. The van der Waals surface area contributed by atoms with Crippen LogP contribution in [0.1, 0.15) is 19.3 Å². The highest BCUT2D eigenvalue weighted by atomic mass is 35.5. The summed E-state index contributed by atoms with van der Waals surface area (Å²) < 4.78 is 5.57. The van der Waals surface area contributed by atoms with Gasteiger partial charge in [0.15, 0.2) is 0 Å². The maximum atomic E-state index is 10.7. The zero-order chi connectivity index (χ0) is 11.6. The lowest BCUT2D eigenvalue weighted by molar-refractivity contribution is -0.138. The van der Waals surface area contributed by atoms with E-state index in [1.54, 1.807) is 12.1 Å². The van der Waals surface area contributed by atoms with Gasteiger partial charge in [0.1, 0.15) is 5.75 Å². The second kappa shape index (κ2) is 4.34. The van der Waals surface area contributed by atoms with Gasteiger partial charge in [-0.05, 0) is 25.0 Å². The van der Waals surface area contributed by atoms with E-state index in [9.17, 15) is 4.79 Å². The fourth-order valence-electron chi connectivity index (χ4n) is 1.66. The molecule has 1 N–H and O–H groups in total. The first kappa shape index (κ1) is 11.3. The predicted molar refractivity (Wildman–Crippen MR) is 60.9 cm³/mol. The number of carboxylic acid groups (broad SMARTS) is 1. The lowest BCUT2D eigenvalue weighted by Crippen LogP contribution is -2.17. The van der Waals surface area contributed by atoms with Crippen LogP contribution < -0.4 is 4.74 Å². The Balaban J connectivity index is 1.93. The third-order valence-electron chi connectivity index (χ3n) is 2.85. The first-order valence-corrected chi connectivity index (χ1v) is 5.58. The van der Waals surface area contributed by atoms with Crippen molar-refractivity contribution < 1.29 is 14.6 Å². The molecule has 1 fully saturated rings. The molecule has 3 nitrogen and oxygen atoms in total. The van der Waals surface area contributed by atoms with Gasteiger partial charge in [0.05, 0.1) is 18.1 Å². The molecule has 16 heavy (non-hydrogen) atoms. The lowest BCUT2D eigenvalue weighted by Gasteiger charge is -2.14. The van der Waals surface area contributed by atoms with Crippen LogP contribution in [0.15, 0.2) is 24.3 Å². The Bertz CT molecular complexity index is 399. The number of benzene rings is 1. The number of para-hydroxylation sites is 1. The van der Waals surface area contributed by atoms with Crippen molar-refractivity contribution in [2.75, 3.05) is 6.61 Å². The summed E-state index contributed by atoms with van der Waals surface area (Å²) in [7, 11) is 0. The zero-order valence-corrected chi connectivity index (χ0v) is 9.54. The first-order valence-electron chi connectivity index (χ1n) is 5.20. The fourth-order valence-corrected chi connectivity index (χ4v) is 1.85. The van der Waals surface area contributed by atoms with E-state index in [4.69, 9.17) is 21.4 Å². The fraction of sp³-hybridized carbons (Fsp3) is 0.417. The molecule has 2 rings (SSSR count). The summed E-state index contributed by atoms with van der Waals surface area (Å²) in [5.41, 5.74) is -0.162. The van der Waals surface area contributed by atoms with Gasteiger partial charge in [0.2, 0.25) is 0 Å². The average Bonchev–Trinajstić information content (AvgIpc) is 2.96. The Labute approximate surface area is 99.0 Å². The number of hydrogen-bond donors (Lipinski definition) is 1. The van der Waals surface area contributed by atoms with Crippen molar-refractivity contribution in [3.63, 3.8) is 0 Å². The van der Waals surface area contributed by atoms with E-state index < -0.39 is 5.97 Å².